The average molecular weight is 315 g/mol. The number of carboxylic acid groups (broad SMARTS) is 1. The van der Waals surface area contributed by atoms with E-state index in [-0.39, 0.29) is 16.9 Å². The number of aromatic carboxylic acids is 1. The van der Waals surface area contributed by atoms with Crippen molar-refractivity contribution in [2.24, 2.45) is 11.8 Å². The maximum absolute atomic E-state index is 13.3. The van der Waals surface area contributed by atoms with Crippen LogP contribution < -0.4 is 4.72 Å². The van der Waals surface area contributed by atoms with Gasteiger partial charge < -0.3 is 5.11 Å². The van der Waals surface area contributed by atoms with Crippen molar-refractivity contribution in [1.82, 2.24) is 4.72 Å². The van der Waals surface area contributed by atoms with Crippen LogP contribution in [0.1, 0.15) is 37.0 Å². The van der Waals surface area contributed by atoms with Crippen molar-refractivity contribution in [3.63, 3.8) is 0 Å². The number of benzene rings is 1. The van der Waals surface area contributed by atoms with E-state index in [2.05, 4.69) is 11.6 Å². The summed E-state index contributed by atoms with van der Waals surface area (Å²) < 4.78 is 40.5. The van der Waals surface area contributed by atoms with Crippen molar-refractivity contribution < 1.29 is 22.7 Å². The van der Waals surface area contributed by atoms with Gasteiger partial charge in [-0.25, -0.2) is 22.3 Å². The molecule has 0 heterocycles. The van der Waals surface area contributed by atoms with E-state index in [0.717, 1.165) is 31.0 Å². The van der Waals surface area contributed by atoms with Crippen molar-refractivity contribution in [2.45, 2.75) is 37.6 Å². The van der Waals surface area contributed by atoms with Crippen LogP contribution in [0.5, 0.6) is 0 Å². The van der Waals surface area contributed by atoms with Gasteiger partial charge in [-0.05, 0) is 42.9 Å². The van der Waals surface area contributed by atoms with E-state index >= 15 is 0 Å². The highest BCUT2D eigenvalue weighted by Gasteiger charge is 2.33. The lowest BCUT2D eigenvalue weighted by molar-refractivity contribution is 0.0691. The first-order chi connectivity index (χ1) is 9.72. The molecule has 116 valence electrons. The lowest BCUT2D eigenvalue weighted by Crippen LogP contribution is -2.37. The SMILES string of the molecule is CC1CCC(NS(=O)(=O)c2ccc(F)c(C(=O)O)c2)C1C. The fourth-order valence-corrected chi connectivity index (χ4v) is 4.02. The van der Waals surface area contributed by atoms with Crippen LogP contribution in [0.3, 0.4) is 0 Å². The van der Waals surface area contributed by atoms with Crippen LogP contribution in [0.25, 0.3) is 0 Å². The first-order valence-corrected chi connectivity index (χ1v) is 8.26. The zero-order valence-electron chi connectivity index (χ0n) is 11.8. The Balaban J connectivity index is 2.28. The molecule has 0 spiro atoms. The van der Waals surface area contributed by atoms with Gasteiger partial charge in [0, 0.05) is 6.04 Å². The molecule has 0 amide bonds. The Morgan fingerprint density at radius 2 is 2.00 bits per heavy atom. The van der Waals surface area contributed by atoms with E-state index in [0.29, 0.717) is 5.92 Å². The molecule has 0 aromatic heterocycles. The zero-order valence-corrected chi connectivity index (χ0v) is 12.7. The number of halogens is 1. The molecular formula is C14H18FNO4S. The lowest BCUT2D eigenvalue weighted by atomic mass is 9.98. The molecule has 2 rings (SSSR count). The molecule has 7 heteroatoms. The molecular weight excluding hydrogens is 297 g/mol. The third-order valence-electron chi connectivity index (χ3n) is 4.25. The van der Waals surface area contributed by atoms with E-state index in [9.17, 15) is 17.6 Å². The Morgan fingerprint density at radius 3 is 2.52 bits per heavy atom. The third kappa shape index (κ3) is 3.24. The monoisotopic (exact) mass is 315 g/mol. The molecule has 0 saturated heterocycles. The number of carboxylic acids is 1. The lowest BCUT2D eigenvalue weighted by Gasteiger charge is -2.19. The van der Waals surface area contributed by atoms with E-state index in [1.807, 2.05) is 6.92 Å². The molecule has 3 atom stereocenters. The molecule has 0 bridgehead atoms. The molecule has 1 saturated carbocycles. The fourth-order valence-electron chi connectivity index (χ4n) is 2.63. The van der Waals surface area contributed by atoms with Crippen molar-refractivity contribution >= 4 is 16.0 Å². The van der Waals surface area contributed by atoms with Gasteiger partial charge in [-0.2, -0.15) is 0 Å². The predicted molar refractivity (Wildman–Crippen MR) is 75.0 cm³/mol. The molecule has 2 N–H and O–H groups in total. The average Bonchev–Trinajstić information content (AvgIpc) is 2.70. The number of rotatable bonds is 4. The molecule has 1 aromatic carbocycles. The number of nitrogens with one attached hydrogen (secondary N) is 1. The van der Waals surface area contributed by atoms with Gasteiger partial charge in [0.15, 0.2) is 0 Å². The van der Waals surface area contributed by atoms with Gasteiger partial charge in [0.1, 0.15) is 5.82 Å². The summed E-state index contributed by atoms with van der Waals surface area (Å²) in [7, 11) is -3.85. The Hall–Kier alpha value is -1.47. The highest BCUT2D eigenvalue weighted by molar-refractivity contribution is 7.89. The summed E-state index contributed by atoms with van der Waals surface area (Å²) in [6.45, 7) is 4.05. The highest BCUT2D eigenvalue weighted by Crippen LogP contribution is 2.32. The molecule has 5 nitrogen and oxygen atoms in total. The second-order valence-electron chi connectivity index (χ2n) is 5.59. The second-order valence-corrected chi connectivity index (χ2v) is 7.30. The first kappa shape index (κ1) is 15.9. The smallest absolute Gasteiger partial charge is 0.338 e. The number of hydrogen-bond donors (Lipinski definition) is 2. The predicted octanol–water partition coefficient (Wildman–Crippen LogP) is 2.24. The zero-order chi connectivity index (χ0) is 15.8. The minimum atomic E-state index is -3.85. The van der Waals surface area contributed by atoms with E-state index in [1.165, 1.54) is 0 Å². The van der Waals surface area contributed by atoms with E-state index in [1.54, 1.807) is 0 Å². The molecule has 0 radical (unpaired) electrons. The van der Waals surface area contributed by atoms with Crippen molar-refractivity contribution in [3.05, 3.63) is 29.6 Å². The standard InChI is InChI=1S/C14H18FNO4S/c1-8-3-6-13(9(8)2)16-21(19,20)10-4-5-12(15)11(7-10)14(17)18/h4-5,7-9,13,16H,3,6H2,1-2H3,(H,17,18). The maximum Gasteiger partial charge on any atom is 0.338 e. The van der Waals surface area contributed by atoms with Crippen molar-refractivity contribution in [3.8, 4) is 0 Å². The topological polar surface area (TPSA) is 83.5 Å². The number of sulfonamides is 1. The van der Waals surface area contributed by atoms with E-state index in [4.69, 9.17) is 5.11 Å². The van der Waals surface area contributed by atoms with Gasteiger partial charge in [-0.3, -0.25) is 0 Å². The van der Waals surface area contributed by atoms with Gasteiger partial charge in [-0.1, -0.05) is 13.8 Å². The van der Waals surface area contributed by atoms with Crippen LogP contribution in [-0.4, -0.2) is 25.5 Å². The fraction of sp³-hybridized carbons (Fsp3) is 0.500. The van der Waals surface area contributed by atoms with Crippen LogP contribution in [0.15, 0.2) is 23.1 Å². The third-order valence-corrected chi connectivity index (χ3v) is 5.74. The summed E-state index contributed by atoms with van der Waals surface area (Å²) in [4.78, 5) is 10.7. The van der Waals surface area contributed by atoms with Gasteiger partial charge >= 0.3 is 5.97 Å². The summed E-state index contributed by atoms with van der Waals surface area (Å²) in [5.41, 5.74) is -0.647. The summed E-state index contributed by atoms with van der Waals surface area (Å²) in [5, 5.41) is 8.86. The Bertz CT molecular complexity index is 659. The minimum absolute atomic E-state index is 0.177. The van der Waals surface area contributed by atoms with Crippen molar-refractivity contribution in [1.29, 1.82) is 0 Å². The van der Waals surface area contributed by atoms with Gasteiger partial charge in [0.2, 0.25) is 10.0 Å². The number of carbonyl (C=O) groups is 1. The van der Waals surface area contributed by atoms with Crippen molar-refractivity contribution in [2.75, 3.05) is 0 Å². The van der Waals surface area contributed by atoms with Crippen LogP contribution in [0.4, 0.5) is 4.39 Å². The minimum Gasteiger partial charge on any atom is -0.478 e. The quantitative estimate of drug-likeness (QED) is 0.892. The van der Waals surface area contributed by atoms with E-state index < -0.39 is 27.4 Å². The van der Waals surface area contributed by atoms with Gasteiger partial charge in [-0.15, -0.1) is 0 Å². The molecule has 21 heavy (non-hydrogen) atoms. The molecule has 1 aliphatic rings. The molecule has 3 unspecified atom stereocenters. The normalized spacial score (nSPS) is 26.0. The first-order valence-electron chi connectivity index (χ1n) is 6.77. The Kier molecular flexibility index (Phi) is 4.34. The summed E-state index contributed by atoms with van der Waals surface area (Å²) in [6, 6.07) is 2.61. The molecule has 0 aliphatic heterocycles. The van der Waals surface area contributed by atoms with Crippen LogP contribution in [0.2, 0.25) is 0 Å². The maximum atomic E-state index is 13.3. The molecule has 1 fully saturated rings. The summed E-state index contributed by atoms with van der Waals surface area (Å²) in [5.74, 6) is -1.81. The van der Waals surface area contributed by atoms with Crippen LogP contribution in [-0.2, 0) is 10.0 Å². The highest BCUT2D eigenvalue weighted by atomic mass is 32.2. The summed E-state index contributed by atoms with van der Waals surface area (Å²) >= 11 is 0. The molecule has 1 aliphatic carbocycles. The van der Waals surface area contributed by atoms with Gasteiger partial charge in [0.25, 0.3) is 0 Å². The molecule has 1 aromatic rings. The van der Waals surface area contributed by atoms with Crippen LogP contribution >= 0.6 is 0 Å². The Morgan fingerprint density at radius 1 is 1.33 bits per heavy atom. The van der Waals surface area contributed by atoms with Crippen LogP contribution in [0, 0.1) is 17.7 Å². The largest absolute Gasteiger partial charge is 0.478 e. The van der Waals surface area contributed by atoms with Gasteiger partial charge in [0.05, 0.1) is 10.5 Å². The second kappa shape index (κ2) is 5.73. The number of hydrogen-bond acceptors (Lipinski definition) is 3. The Labute approximate surface area is 123 Å². The summed E-state index contributed by atoms with van der Waals surface area (Å²) in [6.07, 6.45) is 1.69.